The van der Waals surface area contributed by atoms with Gasteiger partial charge in [-0.15, -0.1) is 0 Å². The Bertz CT molecular complexity index is 1800. The molecule has 262 valence electrons. The van der Waals surface area contributed by atoms with E-state index in [4.69, 9.17) is 0 Å². The van der Waals surface area contributed by atoms with Crippen LogP contribution in [0.1, 0.15) is 132 Å². The Hall–Kier alpha value is -2.31. The molecule has 0 spiro atoms. The molecule has 4 aromatic carbocycles. The van der Waals surface area contributed by atoms with Gasteiger partial charge in [0.2, 0.25) is 0 Å². The minimum absolute atomic E-state index is 0. The van der Waals surface area contributed by atoms with Crippen molar-refractivity contribution in [2.24, 2.45) is 0 Å². The fraction of sp³-hybridized carbons (Fsp3) is 0.383. The first-order chi connectivity index (χ1) is 23.5. The normalized spacial score (nSPS) is 13.8. The first-order valence-electron chi connectivity index (χ1n) is 19.0. The summed E-state index contributed by atoms with van der Waals surface area (Å²) in [6.07, 6.45) is 22.2. The van der Waals surface area contributed by atoms with E-state index in [1.54, 1.807) is 33.4 Å². The van der Waals surface area contributed by atoms with Crippen LogP contribution in [0.3, 0.4) is 0 Å². The van der Waals surface area contributed by atoms with Gasteiger partial charge in [0.15, 0.2) is 0 Å². The summed E-state index contributed by atoms with van der Waals surface area (Å²) in [5.41, 5.74) is 17.1. The Morgan fingerprint density at radius 1 is 0.700 bits per heavy atom. The first kappa shape index (κ1) is 40.5. The van der Waals surface area contributed by atoms with Gasteiger partial charge in [-0.25, -0.2) is 0 Å². The monoisotopic (exact) mass is 780 g/mol. The molecule has 6 rings (SSSR count). The zero-order valence-corrected chi connectivity index (χ0v) is 35.0. The topological polar surface area (TPSA) is 0 Å². The van der Waals surface area contributed by atoms with E-state index >= 15 is 0 Å². The van der Waals surface area contributed by atoms with Crippen molar-refractivity contribution in [2.75, 3.05) is 0 Å². The second-order valence-electron chi connectivity index (χ2n) is 14.4. The van der Waals surface area contributed by atoms with Gasteiger partial charge in [-0.2, -0.15) is 0 Å². The predicted octanol–water partition coefficient (Wildman–Crippen LogP) is 6.92. The number of benzene rings is 4. The summed E-state index contributed by atoms with van der Waals surface area (Å²) in [6, 6.07) is 30.2. The number of hydrogen-bond acceptors (Lipinski definition) is 0. The van der Waals surface area contributed by atoms with Gasteiger partial charge in [0, 0.05) is 0 Å². The third kappa shape index (κ3) is 9.00. The van der Waals surface area contributed by atoms with Gasteiger partial charge in [-0.3, -0.25) is 0 Å². The summed E-state index contributed by atoms with van der Waals surface area (Å²) in [7, 11) is 0. The van der Waals surface area contributed by atoms with E-state index in [0.29, 0.717) is 3.63 Å². The molecular formula is C47H56Cl2Zr. The molecule has 0 saturated heterocycles. The molecular weight excluding hydrogens is 727 g/mol. The van der Waals surface area contributed by atoms with E-state index < -0.39 is 21.3 Å². The summed E-state index contributed by atoms with van der Waals surface area (Å²) >= 11 is -2.38. The van der Waals surface area contributed by atoms with Crippen LogP contribution in [0.2, 0.25) is 0 Å². The van der Waals surface area contributed by atoms with E-state index in [1.165, 1.54) is 92.0 Å². The molecule has 0 fully saturated rings. The molecule has 0 aromatic heterocycles. The molecule has 0 bridgehead atoms. The van der Waals surface area contributed by atoms with Crippen LogP contribution in [0.15, 0.2) is 100 Å². The first-order valence-corrected chi connectivity index (χ1v) is 22.9. The van der Waals surface area contributed by atoms with Crippen LogP contribution in [0.5, 0.6) is 0 Å². The molecule has 2 aliphatic rings. The van der Waals surface area contributed by atoms with Crippen LogP contribution in [0.25, 0.3) is 11.1 Å². The van der Waals surface area contributed by atoms with Crippen LogP contribution in [0, 0.1) is 13.8 Å². The van der Waals surface area contributed by atoms with Crippen molar-refractivity contribution in [2.45, 2.75) is 115 Å². The quantitative estimate of drug-likeness (QED) is 0.123. The zero-order chi connectivity index (χ0) is 33.5. The van der Waals surface area contributed by atoms with Crippen LogP contribution >= 0.6 is 0 Å². The molecule has 1 atom stereocenters. The van der Waals surface area contributed by atoms with Crippen molar-refractivity contribution in [3.05, 3.63) is 150 Å². The average molecular weight is 783 g/mol. The molecule has 0 aliphatic heterocycles. The van der Waals surface area contributed by atoms with Gasteiger partial charge in [-0.05, 0) is 0 Å². The predicted molar refractivity (Wildman–Crippen MR) is 206 cm³/mol. The molecule has 0 heterocycles. The molecule has 4 aromatic rings. The van der Waals surface area contributed by atoms with Crippen LogP contribution in [-0.4, -0.2) is 3.21 Å². The Labute approximate surface area is 323 Å². The van der Waals surface area contributed by atoms with Gasteiger partial charge in [0.05, 0.1) is 0 Å². The number of halogens is 2. The van der Waals surface area contributed by atoms with E-state index in [-0.39, 0.29) is 24.8 Å². The summed E-state index contributed by atoms with van der Waals surface area (Å²) in [4.78, 5) is 0. The third-order valence-corrected chi connectivity index (χ3v) is 19.6. The molecule has 3 heteroatoms. The Morgan fingerprint density at radius 2 is 1.28 bits per heavy atom. The van der Waals surface area contributed by atoms with E-state index in [9.17, 15) is 0 Å². The van der Waals surface area contributed by atoms with Crippen molar-refractivity contribution < 1.29 is 46.1 Å². The van der Waals surface area contributed by atoms with Crippen molar-refractivity contribution in [3.8, 4) is 11.1 Å². The van der Waals surface area contributed by atoms with Gasteiger partial charge in [0.1, 0.15) is 0 Å². The minimum Gasteiger partial charge on any atom is -1.00 e. The van der Waals surface area contributed by atoms with Crippen molar-refractivity contribution in [1.82, 2.24) is 0 Å². The molecule has 0 N–H and O–H groups in total. The average Bonchev–Trinajstić information content (AvgIpc) is 3.74. The van der Waals surface area contributed by atoms with Gasteiger partial charge in [-0.1, -0.05) is 0 Å². The molecule has 0 nitrogen and oxygen atoms in total. The standard InChI is InChI=1S/C33H33.C9H18.C5H5.2ClH.Zr/c1-4-5-16-30-24(3)28(19-26-14-10-7-11-15-26)21-33-31-20-27(18-25-12-8-6-9-13-25)23(2)17-29(31)22-32(30)33;1-3-5-7-9-8-6-4-2;1-2-4-5-3-1;;;/h6-15,17,20-22H,4-5,16,18-19H2,1-3H3;3-8H2,1-2H3;1-3H,4H2;2*1H;/q;;;;;+2/p-2. The summed E-state index contributed by atoms with van der Waals surface area (Å²) < 4.78 is 4.41. The Balaban J connectivity index is 0.00000281. The third-order valence-electron chi connectivity index (χ3n) is 11.0. The number of fused-ring (bicyclic) bond motifs is 3. The summed E-state index contributed by atoms with van der Waals surface area (Å²) in [6.45, 7) is 12.0. The molecule has 0 radical (unpaired) electrons. The van der Waals surface area contributed by atoms with Crippen LogP contribution in [-0.2, 0) is 40.5 Å². The largest absolute Gasteiger partial charge is 1.00 e. The van der Waals surface area contributed by atoms with Crippen molar-refractivity contribution in [3.63, 3.8) is 0 Å². The number of allylic oxidation sites excluding steroid dienone is 4. The fourth-order valence-corrected chi connectivity index (χ4v) is 17.9. The van der Waals surface area contributed by atoms with Gasteiger partial charge < -0.3 is 24.8 Å². The SMILES string of the molecule is CCCC[C](CCCC)=[Zr+2]([C]1=CC=CC1)[CH]1c2cc(C)c(Cc3ccccc3)cc2-c2cc(Cc3ccccc3)c(C)c(CCCC)c21.[Cl-].[Cl-]. The number of hydrogen-bond donors (Lipinski definition) is 0. The van der Waals surface area contributed by atoms with Gasteiger partial charge >= 0.3 is 301 Å². The van der Waals surface area contributed by atoms with E-state index in [1.807, 2.05) is 6.49 Å². The Kier molecular flexibility index (Phi) is 15.8. The second kappa shape index (κ2) is 19.5. The zero-order valence-electron chi connectivity index (χ0n) is 31.1. The maximum absolute atomic E-state index is 2.68. The number of unbranched alkanes of at least 4 members (excludes halogenated alkanes) is 3. The molecule has 50 heavy (non-hydrogen) atoms. The van der Waals surface area contributed by atoms with Crippen LogP contribution < -0.4 is 24.8 Å². The van der Waals surface area contributed by atoms with E-state index in [0.717, 1.165) is 12.8 Å². The minimum atomic E-state index is -2.38. The number of aryl methyl sites for hydroxylation is 1. The van der Waals surface area contributed by atoms with Crippen LogP contribution in [0.4, 0.5) is 0 Å². The summed E-state index contributed by atoms with van der Waals surface area (Å²) in [5, 5.41) is 0. The molecule has 0 saturated carbocycles. The molecule has 0 amide bonds. The van der Waals surface area contributed by atoms with Crippen molar-refractivity contribution >= 4 is 3.21 Å². The maximum atomic E-state index is 2.68. The summed E-state index contributed by atoms with van der Waals surface area (Å²) in [5.74, 6) is 0. The van der Waals surface area contributed by atoms with Crippen molar-refractivity contribution in [1.29, 1.82) is 0 Å². The molecule has 2 aliphatic carbocycles. The Morgan fingerprint density at radius 3 is 1.84 bits per heavy atom. The fourth-order valence-electron chi connectivity index (χ4n) is 8.29. The van der Waals surface area contributed by atoms with E-state index in [2.05, 4.69) is 132 Å². The van der Waals surface area contributed by atoms with Gasteiger partial charge in [0.25, 0.3) is 0 Å². The molecule has 1 unspecified atom stereocenters. The second-order valence-corrected chi connectivity index (χ2v) is 21.1. The maximum Gasteiger partial charge on any atom is -1.00 e. The smallest absolute Gasteiger partial charge is 1.00 e. The number of rotatable bonds is 15.